The Bertz CT molecular complexity index is 457. The first-order valence-corrected chi connectivity index (χ1v) is 6.15. The van der Waals surface area contributed by atoms with Crippen LogP contribution in [0.1, 0.15) is 37.7 Å². The molecule has 1 atom stereocenters. The summed E-state index contributed by atoms with van der Waals surface area (Å²) in [6.45, 7) is 5.68. The van der Waals surface area contributed by atoms with Gasteiger partial charge in [0, 0.05) is 6.04 Å². The first-order valence-electron chi connectivity index (χ1n) is 6.15. The zero-order valence-electron chi connectivity index (χ0n) is 11.3. The van der Waals surface area contributed by atoms with Crippen molar-refractivity contribution in [3.63, 3.8) is 0 Å². The average molecular weight is 269 g/mol. The first-order chi connectivity index (χ1) is 8.99. The Labute approximate surface area is 111 Å². The summed E-state index contributed by atoms with van der Waals surface area (Å²) in [5.74, 6) is -0.854. The van der Waals surface area contributed by atoms with Gasteiger partial charge in [-0.05, 0) is 20.3 Å². The van der Waals surface area contributed by atoms with Crippen LogP contribution in [-0.4, -0.2) is 39.5 Å². The Kier molecular flexibility index (Phi) is 5.28. The minimum Gasteiger partial charge on any atom is -0.461 e. The molecule has 0 saturated carbocycles. The number of hydrogen-bond donors (Lipinski definition) is 2. The summed E-state index contributed by atoms with van der Waals surface area (Å²) in [6, 6.07) is 0.0711. The number of ether oxygens (including phenoxy) is 1. The predicted molar refractivity (Wildman–Crippen MR) is 68.3 cm³/mol. The lowest BCUT2D eigenvalue weighted by Crippen LogP contribution is -2.35. The molecule has 8 heteroatoms. The minimum atomic E-state index is -0.645. The molecule has 106 valence electrons. The lowest BCUT2D eigenvalue weighted by Gasteiger charge is -2.11. The number of carbonyl (C=O) groups is 2. The van der Waals surface area contributed by atoms with Gasteiger partial charge in [0.1, 0.15) is 6.54 Å². The molecule has 0 aliphatic rings. The Morgan fingerprint density at radius 1 is 1.47 bits per heavy atom. The molecule has 0 aliphatic carbocycles. The number of nitrogens with zero attached hydrogens (tertiary/aromatic N) is 3. The molecule has 0 fully saturated rings. The van der Waals surface area contributed by atoms with Crippen LogP contribution in [0.4, 0.5) is 5.82 Å². The van der Waals surface area contributed by atoms with E-state index in [1.54, 1.807) is 6.92 Å². The molecule has 1 rings (SSSR count). The lowest BCUT2D eigenvalue weighted by molar-refractivity contribution is -0.122. The topological polar surface area (TPSA) is 112 Å². The van der Waals surface area contributed by atoms with Gasteiger partial charge in [-0.3, -0.25) is 4.79 Å². The molecular formula is C11H19N5O3. The summed E-state index contributed by atoms with van der Waals surface area (Å²) in [5.41, 5.74) is 5.63. The van der Waals surface area contributed by atoms with Crippen molar-refractivity contribution in [1.82, 2.24) is 20.3 Å². The van der Waals surface area contributed by atoms with E-state index in [1.807, 2.05) is 13.8 Å². The van der Waals surface area contributed by atoms with E-state index in [0.717, 1.165) is 6.42 Å². The molecule has 1 aromatic rings. The van der Waals surface area contributed by atoms with Gasteiger partial charge in [-0.2, -0.15) is 0 Å². The van der Waals surface area contributed by atoms with Crippen molar-refractivity contribution < 1.29 is 14.3 Å². The van der Waals surface area contributed by atoms with Crippen LogP contribution in [0, 0.1) is 0 Å². The zero-order chi connectivity index (χ0) is 14.4. The number of anilines is 1. The Hall–Kier alpha value is -2.12. The maximum Gasteiger partial charge on any atom is 0.362 e. The lowest BCUT2D eigenvalue weighted by atomic mass is 10.2. The molecule has 19 heavy (non-hydrogen) atoms. The van der Waals surface area contributed by atoms with E-state index in [-0.39, 0.29) is 36.6 Å². The molecule has 1 heterocycles. The summed E-state index contributed by atoms with van der Waals surface area (Å²) in [6.07, 6.45) is 0.826. The number of hydrogen-bond acceptors (Lipinski definition) is 6. The van der Waals surface area contributed by atoms with Gasteiger partial charge in [-0.1, -0.05) is 12.1 Å². The van der Waals surface area contributed by atoms with Crippen molar-refractivity contribution in [2.75, 3.05) is 12.3 Å². The average Bonchev–Trinajstić information content (AvgIpc) is 2.71. The number of amides is 1. The third kappa shape index (κ3) is 3.94. The first kappa shape index (κ1) is 14.9. The van der Waals surface area contributed by atoms with Crippen LogP contribution in [0.25, 0.3) is 0 Å². The fraction of sp³-hybridized carbons (Fsp3) is 0.636. The van der Waals surface area contributed by atoms with Gasteiger partial charge in [-0.15, -0.1) is 5.10 Å². The van der Waals surface area contributed by atoms with Gasteiger partial charge in [0.05, 0.1) is 6.61 Å². The van der Waals surface area contributed by atoms with Crippen molar-refractivity contribution in [2.45, 2.75) is 39.8 Å². The molecule has 0 bridgehead atoms. The van der Waals surface area contributed by atoms with Crippen molar-refractivity contribution in [3.8, 4) is 0 Å². The summed E-state index contributed by atoms with van der Waals surface area (Å²) >= 11 is 0. The van der Waals surface area contributed by atoms with Crippen LogP contribution in [0.15, 0.2) is 0 Å². The second-order valence-corrected chi connectivity index (χ2v) is 4.08. The van der Waals surface area contributed by atoms with Gasteiger partial charge in [-0.25, -0.2) is 9.48 Å². The number of nitrogen functional groups attached to an aromatic ring is 1. The third-order valence-corrected chi connectivity index (χ3v) is 2.56. The normalized spacial score (nSPS) is 11.9. The molecule has 1 aromatic heterocycles. The van der Waals surface area contributed by atoms with Gasteiger partial charge in [0.2, 0.25) is 11.6 Å². The highest BCUT2D eigenvalue weighted by molar-refractivity contribution is 5.92. The maximum atomic E-state index is 11.7. The number of esters is 1. The zero-order valence-corrected chi connectivity index (χ0v) is 11.3. The quantitative estimate of drug-likeness (QED) is 0.700. The molecule has 1 unspecified atom stereocenters. The number of rotatable bonds is 6. The molecule has 0 saturated heterocycles. The van der Waals surface area contributed by atoms with Crippen molar-refractivity contribution >= 4 is 17.7 Å². The fourth-order valence-corrected chi connectivity index (χ4v) is 1.34. The van der Waals surface area contributed by atoms with E-state index in [4.69, 9.17) is 10.5 Å². The summed E-state index contributed by atoms with van der Waals surface area (Å²) in [4.78, 5) is 23.1. The van der Waals surface area contributed by atoms with Crippen molar-refractivity contribution in [1.29, 1.82) is 0 Å². The van der Waals surface area contributed by atoms with Crippen LogP contribution < -0.4 is 11.1 Å². The second-order valence-electron chi connectivity index (χ2n) is 4.08. The van der Waals surface area contributed by atoms with E-state index >= 15 is 0 Å². The SMILES string of the molecule is CCOC(=O)c1nnn(CC(=O)NC(C)CC)c1N. The molecule has 0 spiro atoms. The van der Waals surface area contributed by atoms with E-state index in [1.165, 1.54) is 4.68 Å². The summed E-state index contributed by atoms with van der Waals surface area (Å²) in [7, 11) is 0. The van der Waals surface area contributed by atoms with Crippen LogP contribution in [0.2, 0.25) is 0 Å². The third-order valence-electron chi connectivity index (χ3n) is 2.56. The smallest absolute Gasteiger partial charge is 0.362 e. The predicted octanol–water partition coefficient (Wildman–Crippen LogP) is -0.0483. The van der Waals surface area contributed by atoms with Gasteiger partial charge < -0.3 is 15.8 Å². The Balaban J connectivity index is 2.70. The molecule has 3 N–H and O–H groups in total. The maximum absolute atomic E-state index is 11.7. The van der Waals surface area contributed by atoms with Gasteiger partial charge >= 0.3 is 5.97 Å². The monoisotopic (exact) mass is 269 g/mol. The highest BCUT2D eigenvalue weighted by Gasteiger charge is 2.19. The highest BCUT2D eigenvalue weighted by Crippen LogP contribution is 2.09. The minimum absolute atomic E-state index is 0.0257. The van der Waals surface area contributed by atoms with E-state index in [9.17, 15) is 9.59 Å². The second kappa shape index (κ2) is 6.72. The number of aromatic nitrogens is 3. The van der Waals surface area contributed by atoms with Crippen molar-refractivity contribution in [2.24, 2.45) is 0 Å². The molecule has 0 aliphatic heterocycles. The number of carbonyl (C=O) groups excluding carboxylic acids is 2. The van der Waals surface area contributed by atoms with Gasteiger partial charge in [0.25, 0.3) is 0 Å². The number of nitrogens with two attached hydrogens (primary N) is 1. The van der Waals surface area contributed by atoms with E-state index in [0.29, 0.717) is 0 Å². The van der Waals surface area contributed by atoms with Crippen molar-refractivity contribution in [3.05, 3.63) is 5.69 Å². The van der Waals surface area contributed by atoms with Crippen LogP contribution >= 0.6 is 0 Å². The molecule has 0 radical (unpaired) electrons. The molecule has 0 aromatic carbocycles. The van der Waals surface area contributed by atoms with Gasteiger partial charge in [0.15, 0.2) is 5.82 Å². The Morgan fingerprint density at radius 2 is 2.16 bits per heavy atom. The van der Waals surface area contributed by atoms with E-state index in [2.05, 4.69) is 15.6 Å². The number of nitrogens with one attached hydrogen (secondary N) is 1. The van der Waals surface area contributed by atoms with Crippen LogP contribution in [0.3, 0.4) is 0 Å². The fourth-order valence-electron chi connectivity index (χ4n) is 1.34. The highest BCUT2D eigenvalue weighted by atomic mass is 16.5. The Morgan fingerprint density at radius 3 is 2.74 bits per heavy atom. The van der Waals surface area contributed by atoms with E-state index < -0.39 is 5.97 Å². The molecule has 1 amide bonds. The van der Waals surface area contributed by atoms with Crippen LogP contribution in [-0.2, 0) is 16.1 Å². The summed E-state index contributed by atoms with van der Waals surface area (Å²) < 4.78 is 5.94. The standard InChI is InChI=1S/C11H19N5O3/c1-4-7(3)13-8(17)6-16-10(12)9(14-15-16)11(18)19-5-2/h7H,4-6,12H2,1-3H3,(H,13,17). The molecule has 8 nitrogen and oxygen atoms in total. The largest absolute Gasteiger partial charge is 0.461 e. The summed E-state index contributed by atoms with van der Waals surface area (Å²) in [5, 5.41) is 10.1. The van der Waals surface area contributed by atoms with Crippen LogP contribution in [0.5, 0.6) is 0 Å². The molecular weight excluding hydrogens is 250 g/mol.